The highest BCUT2D eigenvalue weighted by molar-refractivity contribution is 6.33. The molecule has 0 spiro atoms. The lowest BCUT2D eigenvalue weighted by Crippen LogP contribution is -2.31. The molecule has 0 saturated carbocycles. The summed E-state index contributed by atoms with van der Waals surface area (Å²) >= 11 is 6.43. The predicted molar refractivity (Wildman–Crippen MR) is 140 cm³/mol. The summed E-state index contributed by atoms with van der Waals surface area (Å²) in [6.45, 7) is 1.84. The lowest BCUT2D eigenvalue weighted by Gasteiger charge is -2.29. The number of para-hydroxylation sites is 2. The lowest BCUT2D eigenvalue weighted by molar-refractivity contribution is -0.113. The minimum Gasteiger partial charge on any atom is -0.497 e. The maximum atomic E-state index is 13.7. The molecule has 1 amide bonds. The van der Waals surface area contributed by atoms with Gasteiger partial charge >= 0.3 is 0 Å². The fourth-order valence-electron chi connectivity index (χ4n) is 4.26. The van der Waals surface area contributed by atoms with E-state index in [2.05, 4.69) is 10.6 Å². The number of allylic oxidation sites excluding steroid dienone is 1. The number of rotatable bonds is 6. The fraction of sp³-hybridized carbons (Fsp3) is 0.148. The molecule has 0 radical (unpaired) electrons. The van der Waals surface area contributed by atoms with Crippen molar-refractivity contribution in [2.24, 2.45) is 0 Å². The van der Waals surface area contributed by atoms with Crippen molar-refractivity contribution in [1.82, 2.24) is 14.8 Å². The molecule has 0 fully saturated rings. The predicted octanol–water partition coefficient (Wildman–Crippen LogP) is 5.54. The van der Waals surface area contributed by atoms with Crippen molar-refractivity contribution in [3.8, 4) is 22.9 Å². The standard InChI is InChI=1S/C27H24ClN5O3/c1-16-23(26(34)30-21-13-6-7-14-22(21)36-3)24(17-9-8-10-18(15-17)35-2)33-27(29-16)31-25(32-33)19-11-4-5-12-20(19)28/h4-15,24H,1-3H3,(H,30,34)(H,29,31,32). The average Bonchev–Trinajstić information content (AvgIpc) is 3.31. The van der Waals surface area contributed by atoms with Crippen LogP contribution in [0.15, 0.2) is 84.1 Å². The number of nitrogens with one attached hydrogen (secondary N) is 2. The number of nitrogens with zero attached hydrogens (tertiary/aromatic N) is 3. The van der Waals surface area contributed by atoms with Gasteiger partial charge in [0.15, 0.2) is 5.82 Å². The van der Waals surface area contributed by atoms with Gasteiger partial charge in [0.2, 0.25) is 5.95 Å². The zero-order valence-electron chi connectivity index (χ0n) is 19.9. The highest BCUT2D eigenvalue weighted by atomic mass is 35.5. The number of amides is 1. The van der Waals surface area contributed by atoms with Crippen molar-refractivity contribution in [2.75, 3.05) is 24.9 Å². The quantitative estimate of drug-likeness (QED) is 0.360. The molecule has 8 nitrogen and oxygen atoms in total. The molecular weight excluding hydrogens is 478 g/mol. The first kappa shape index (κ1) is 23.4. The van der Waals surface area contributed by atoms with E-state index in [1.807, 2.05) is 61.5 Å². The molecule has 4 aromatic rings. The van der Waals surface area contributed by atoms with Crippen molar-refractivity contribution in [3.05, 3.63) is 94.7 Å². The molecule has 1 atom stereocenters. The lowest BCUT2D eigenvalue weighted by atomic mass is 9.95. The number of benzene rings is 3. The third-order valence-corrected chi connectivity index (χ3v) is 6.31. The molecule has 36 heavy (non-hydrogen) atoms. The second-order valence-corrected chi connectivity index (χ2v) is 8.59. The molecule has 1 aliphatic heterocycles. The minimum atomic E-state index is -0.574. The van der Waals surface area contributed by atoms with Crippen LogP contribution < -0.4 is 20.1 Å². The first-order valence-electron chi connectivity index (χ1n) is 11.3. The Labute approximate surface area is 213 Å². The zero-order chi connectivity index (χ0) is 25.2. The van der Waals surface area contributed by atoms with Crippen molar-refractivity contribution >= 4 is 29.1 Å². The van der Waals surface area contributed by atoms with Crippen molar-refractivity contribution in [2.45, 2.75) is 13.0 Å². The molecule has 0 saturated heterocycles. The first-order valence-corrected chi connectivity index (χ1v) is 11.7. The van der Waals surface area contributed by atoms with Crippen LogP contribution in [0, 0.1) is 0 Å². The van der Waals surface area contributed by atoms with Crippen LogP contribution in [0.4, 0.5) is 11.6 Å². The average molecular weight is 502 g/mol. The molecule has 2 N–H and O–H groups in total. The molecule has 1 aliphatic rings. The number of ether oxygens (including phenoxy) is 2. The van der Waals surface area contributed by atoms with E-state index < -0.39 is 6.04 Å². The van der Waals surface area contributed by atoms with E-state index >= 15 is 0 Å². The molecular formula is C27H24ClN5O3. The smallest absolute Gasteiger partial charge is 0.255 e. The van der Waals surface area contributed by atoms with Crippen molar-refractivity contribution in [3.63, 3.8) is 0 Å². The van der Waals surface area contributed by atoms with Crippen LogP contribution in [0.3, 0.4) is 0 Å². The molecule has 1 aromatic heterocycles. The Morgan fingerprint density at radius 3 is 2.58 bits per heavy atom. The Morgan fingerprint density at radius 2 is 1.81 bits per heavy atom. The van der Waals surface area contributed by atoms with Crippen LogP contribution >= 0.6 is 11.6 Å². The van der Waals surface area contributed by atoms with Gasteiger partial charge in [0.05, 0.1) is 30.5 Å². The summed E-state index contributed by atoms with van der Waals surface area (Å²) in [5.41, 5.74) is 3.22. The number of halogens is 1. The van der Waals surface area contributed by atoms with Gasteiger partial charge in [-0.25, -0.2) is 4.68 Å². The Bertz CT molecular complexity index is 1480. The van der Waals surface area contributed by atoms with Crippen LogP contribution in [0.1, 0.15) is 18.5 Å². The summed E-state index contributed by atoms with van der Waals surface area (Å²) < 4.78 is 12.6. The van der Waals surface area contributed by atoms with Gasteiger partial charge in [0, 0.05) is 11.3 Å². The second kappa shape index (κ2) is 9.75. The maximum absolute atomic E-state index is 13.7. The van der Waals surface area contributed by atoms with Crippen molar-refractivity contribution < 1.29 is 14.3 Å². The highest BCUT2D eigenvalue weighted by Crippen LogP contribution is 2.39. The van der Waals surface area contributed by atoms with Gasteiger partial charge in [-0.3, -0.25) is 4.79 Å². The number of carbonyl (C=O) groups is 1. The van der Waals surface area contributed by atoms with Gasteiger partial charge in [0.25, 0.3) is 5.91 Å². The van der Waals surface area contributed by atoms with Crippen LogP contribution in [0.25, 0.3) is 11.4 Å². The van der Waals surface area contributed by atoms with Gasteiger partial charge < -0.3 is 20.1 Å². The molecule has 9 heteroatoms. The Hall–Kier alpha value is -4.30. The largest absolute Gasteiger partial charge is 0.497 e. The van der Waals surface area contributed by atoms with E-state index in [0.717, 1.165) is 5.56 Å². The molecule has 1 unspecified atom stereocenters. The molecule has 3 aromatic carbocycles. The number of hydrogen-bond donors (Lipinski definition) is 2. The summed E-state index contributed by atoms with van der Waals surface area (Å²) in [6.07, 6.45) is 0. The number of fused-ring (bicyclic) bond motifs is 1. The van der Waals surface area contributed by atoms with Crippen molar-refractivity contribution in [1.29, 1.82) is 0 Å². The topological polar surface area (TPSA) is 90.3 Å². The summed E-state index contributed by atoms with van der Waals surface area (Å²) in [4.78, 5) is 18.4. The highest BCUT2D eigenvalue weighted by Gasteiger charge is 2.35. The third kappa shape index (κ3) is 4.27. The number of methoxy groups -OCH3 is 2. The number of aromatic nitrogens is 3. The summed E-state index contributed by atoms with van der Waals surface area (Å²) in [7, 11) is 3.17. The molecule has 0 aliphatic carbocycles. The number of hydrogen-bond acceptors (Lipinski definition) is 6. The fourth-order valence-corrected chi connectivity index (χ4v) is 4.48. The summed E-state index contributed by atoms with van der Waals surface area (Å²) in [5, 5.41) is 11.6. The van der Waals surface area contributed by atoms with Gasteiger partial charge in [-0.15, -0.1) is 5.10 Å². The second-order valence-electron chi connectivity index (χ2n) is 8.18. The summed E-state index contributed by atoms with van der Waals surface area (Å²) in [6, 6.07) is 21.6. The van der Waals surface area contributed by atoms with Gasteiger partial charge in [-0.1, -0.05) is 48.0 Å². The Balaban J connectivity index is 1.63. The van der Waals surface area contributed by atoms with Crippen LogP contribution in [0.5, 0.6) is 11.5 Å². The molecule has 5 rings (SSSR count). The van der Waals surface area contributed by atoms with Crippen LogP contribution in [0.2, 0.25) is 5.02 Å². The first-order chi connectivity index (χ1) is 17.5. The molecule has 0 bridgehead atoms. The SMILES string of the molecule is COc1cccc(C2C(C(=O)Nc3ccccc3OC)=C(C)Nc3nc(-c4ccccc4Cl)nn32)c1. The molecule has 182 valence electrons. The monoisotopic (exact) mass is 501 g/mol. The van der Waals surface area contributed by atoms with E-state index in [1.54, 1.807) is 37.1 Å². The Kier molecular flexibility index (Phi) is 6.35. The van der Waals surface area contributed by atoms with Crippen LogP contribution in [-0.4, -0.2) is 34.9 Å². The zero-order valence-corrected chi connectivity index (χ0v) is 20.7. The van der Waals surface area contributed by atoms with Gasteiger partial charge in [0.1, 0.15) is 17.5 Å². The van der Waals surface area contributed by atoms with E-state index in [1.165, 1.54) is 0 Å². The normalized spacial score (nSPS) is 14.6. The Morgan fingerprint density at radius 1 is 1.03 bits per heavy atom. The van der Waals surface area contributed by atoms with E-state index in [4.69, 9.17) is 31.2 Å². The van der Waals surface area contributed by atoms with Gasteiger partial charge in [-0.05, 0) is 48.9 Å². The summed E-state index contributed by atoms with van der Waals surface area (Å²) in [5.74, 6) is 1.89. The van der Waals surface area contributed by atoms with Gasteiger partial charge in [-0.2, -0.15) is 4.98 Å². The van der Waals surface area contributed by atoms with E-state index in [-0.39, 0.29) is 5.91 Å². The molecule has 2 heterocycles. The minimum absolute atomic E-state index is 0.294. The number of anilines is 2. The van der Waals surface area contributed by atoms with E-state index in [0.29, 0.717) is 50.8 Å². The van der Waals surface area contributed by atoms with E-state index in [9.17, 15) is 4.79 Å². The van der Waals surface area contributed by atoms with Crippen LogP contribution in [-0.2, 0) is 4.79 Å². The maximum Gasteiger partial charge on any atom is 0.255 e. The number of carbonyl (C=O) groups excluding carboxylic acids is 1. The third-order valence-electron chi connectivity index (χ3n) is 5.98.